The lowest BCUT2D eigenvalue weighted by Gasteiger charge is -2.20. The van der Waals surface area contributed by atoms with Crippen molar-refractivity contribution in [1.29, 1.82) is 0 Å². The Balaban J connectivity index is 1.91. The molecular formula is C14H20N2O. The summed E-state index contributed by atoms with van der Waals surface area (Å²) in [5.41, 5.74) is 3.79. The fraction of sp³-hybridized carbons (Fsp3) is 0.643. The van der Waals surface area contributed by atoms with E-state index in [4.69, 9.17) is 0 Å². The molecule has 92 valence electrons. The Morgan fingerprint density at radius 2 is 2.12 bits per heavy atom. The van der Waals surface area contributed by atoms with E-state index in [2.05, 4.69) is 11.4 Å². The van der Waals surface area contributed by atoms with E-state index >= 15 is 0 Å². The molecule has 0 atom stereocenters. The van der Waals surface area contributed by atoms with Crippen molar-refractivity contribution in [2.75, 3.05) is 0 Å². The van der Waals surface area contributed by atoms with Gasteiger partial charge < -0.3 is 9.88 Å². The number of nitrogens with zero attached hydrogens (tertiary/aromatic N) is 1. The van der Waals surface area contributed by atoms with Crippen molar-refractivity contribution in [3.8, 4) is 0 Å². The third kappa shape index (κ3) is 2.16. The third-order valence-corrected chi connectivity index (χ3v) is 3.97. The standard InChI is InChI=1S/C14H20N2O/c1-16-13-5-3-2-4-10(13)8-11(14(16)17)9-15-12-6-7-12/h8,12,15H,2-7,9H2,1H3. The molecule has 0 bridgehead atoms. The maximum atomic E-state index is 12.2. The zero-order valence-electron chi connectivity index (χ0n) is 10.5. The van der Waals surface area contributed by atoms with Crippen molar-refractivity contribution < 1.29 is 0 Å². The van der Waals surface area contributed by atoms with Gasteiger partial charge in [0.2, 0.25) is 0 Å². The summed E-state index contributed by atoms with van der Waals surface area (Å²) in [4.78, 5) is 12.2. The van der Waals surface area contributed by atoms with Crippen LogP contribution in [0.3, 0.4) is 0 Å². The molecule has 2 aliphatic carbocycles. The van der Waals surface area contributed by atoms with Gasteiger partial charge in [0.05, 0.1) is 0 Å². The van der Waals surface area contributed by atoms with Gasteiger partial charge in [0.1, 0.15) is 0 Å². The molecule has 17 heavy (non-hydrogen) atoms. The Morgan fingerprint density at radius 1 is 1.35 bits per heavy atom. The number of aryl methyl sites for hydroxylation is 1. The van der Waals surface area contributed by atoms with Gasteiger partial charge in [-0.1, -0.05) is 0 Å². The van der Waals surface area contributed by atoms with E-state index in [1.807, 2.05) is 11.6 Å². The van der Waals surface area contributed by atoms with E-state index < -0.39 is 0 Å². The van der Waals surface area contributed by atoms with E-state index in [1.54, 1.807) is 0 Å². The lowest BCUT2D eigenvalue weighted by Crippen LogP contribution is -2.30. The molecule has 3 rings (SSSR count). The summed E-state index contributed by atoms with van der Waals surface area (Å²) in [6, 6.07) is 2.81. The topological polar surface area (TPSA) is 34.0 Å². The lowest BCUT2D eigenvalue weighted by molar-refractivity contribution is 0.608. The van der Waals surface area contributed by atoms with E-state index in [0.29, 0.717) is 6.04 Å². The summed E-state index contributed by atoms with van der Waals surface area (Å²) < 4.78 is 1.87. The molecule has 0 spiro atoms. The molecule has 1 heterocycles. The first-order chi connectivity index (χ1) is 8.25. The van der Waals surface area contributed by atoms with Crippen molar-refractivity contribution in [3.05, 3.63) is 33.2 Å². The second-order valence-electron chi connectivity index (χ2n) is 5.37. The van der Waals surface area contributed by atoms with E-state index in [-0.39, 0.29) is 5.56 Å². The minimum atomic E-state index is 0.193. The van der Waals surface area contributed by atoms with Crippen LogP contribution < -0.4 is 10.9 Å². The molecular weight excluding hydrogens is 212 g/mol. The summed E-state index contributed by atoms with van der Waals surface area (Å²) in [5.74, 6) is 0. The number of rotatable bonds is 3. The van der Waals surface area contributed by atoms with Crippen LogP contribution in [-0.2, 0) is 26.4 Å². The number of fused-ring (bicyclic) bond motifs is 1. The number of pyridine rings is 1. The monoisotopic (exact) mass is 232 g/mol. The average Bonchev–Trinajstić information content (AvgIpc) is 3.16. The Labute approximate surface area is 102 Å². The van der Waals surface area contributed by atoms with Gasteiger partial charge in [0, 0.05) is 30.9 Å². The van der Waals surface area contributed by atoms with Crippen LogP contribution in [0.2, 0.25) is 0 Å². The molecule has 0 aliphatic heterocycles. The van der Waals surface area contributed by atoms with E-state index in [0.717, 1.165) is 24.9 Å². The van der Waals surface area contributed by atoms with Crippen molar-refractivity contribution in [1.82, 2.24) is 9.88 Å². The summed E-state index contributed by atoms with van der Waals surface area (Å²) >= 11 is 0. The molecule has 1 aromatic heterocycles. The van der Waals surface area contributed by atoms with Gasteiger partial charge in [-0.25, -0.2) is 0 Å². The summed E-state index contributed by atoms with van der Waals surface area (Å²) in [6.45, 7) is 0.741. The normalized spacial score (nSPS) is 19.1. The summed E-state index contributed by atoms with van der Waals surface area (Å²) in [5, 5.41) is 3.43. The molecule has 0 unspecified atom stereocenters. The molecule has 0 amide bonds. The predicted molar refractivity (Wildman–Crippen MR) is 68.2 cm³/mol. The maximum absolute atomic E-state index is 12.2. The SMILES string of the molecule is Cn1c2c(cc(CNC3CC3)c1=O)CCCC2. The second-order valence-corrected chi connectivity index (χ2v) is 5.37. The highest BCUT2D eigenvalue weighted by Crippen LogP contribution is 2.21. The van der Waals surface area contributed by atoms with Crippen LogP contribution in [-0.4, -0.2) is 10.6 Å². The van der Waals surface area contributed by atoms with Crippen LogP contribution in [0.5, 0.6) is 0 Å². The van der Waals surface area contributed by atoms with Crippen molar-refractivity contribution in [3.63, 3.8) is 0 Å². The molecule has 3 nitrogen and oxygen atoms in total. The van der Waals surface area contributed by atoms with Gasteiger partial charge in [-0.3, -0.25) is 4.79 Å². The molecule has 0 radical (unpaired) electrons. The molecule has 1 N–H and O–H groups in total. The fourth-order valence-corrected chi connectivity index (χ4v) is 2.73. The van der Waals surface area contributed by atoms with E-state index in [1.165, 1.54) is 36.9 Å². The van der Waals surface area contributed by atoms with Crippen molar-refractivity contribution in [2.45, 2.75) is 51.1 Å². The second kappa shape index (κ2) is 4.30. The highest BCUT2D eigenvalue weighted by Gasteiger charge is 2.21. The van der Waals surface area contributed by atoms with Crippen LogP contribution in [0, 0.1) is 0 Å². The predicted octanol–water partition coefficient (Wildman–Crippen LogP) is 1.52. The Morgan fingerprint density at radius 3 is 2.88 bits per heavy atom. The molecule has 1 aromatic rings. The Hall–Kier alpha value is -1.09. The minimum Gasteiger partial charge on any atom is -0.315 e. The van der Waals surface area contributed by atoms with Gasteiger partial charge >= 0.3 is 0 Å². The fourth-order valence-electron chi connectivity index (χ4n) is 2.73. The van der Waals surface area contributed by atoms with Crippen LogP contribution in [0.1, 0.15) is 42.5 Å². The van der Waals surface area contributed by atoms with Gasteiger partial charge in [-0.05, 0) is 50.2 Å². The third-order valence-electron chi connectivity index (χ3n) is 3.97. The molecule has 1 fully saturated rings. The summed E-state index contributed by atoms with van der Waals surface area (Å²) in [6.07, 6.45) is 7.23. The lowest BCUT2D eigenvalue weighted by atomic mass is 9.94. The van der Waals surface area contributed by atoms with Crippen molar-refractivity contribution >= 4 is 0 Å². The number of aromatic nitrogens is 1. The zero-order valence-corrected chi connectivity index (χ0v) is 10.5. The highest BCUT2D eigenvalue weighted by atomic mass is 16.1. The molecule has 0 aromatic carbocycles. The van der Waals surface area contributed by atoms with Gasteiger partial charge in [-0.15, -0.1) is 0 Å². The number of hydrogen-bond acceptors (Lipinski definition) is 2. The summed E-state index contributed by atoms with van der Waals surface area (Å²) in [7, 11) is 1.92. The average molecular weight is 232 g/mol. The van der Waals surface area contributed by atoms with Crippen LogP contribution in [0.25, 0.3) is 0 Å². The number of hydrogen-bond donors (Lipinski definition) is 1. The largest absolute Gasteiger partial charge is 0.315 e. The van der Waals surface area contributed by atoms with Gasteiger partial charge in [-0.2, -0.15) is 0 Å². The first-order valence-corrected chi connectivity index (χ1v) is 6.70. The van der Waals surface area contributed by atoms with Gasteiger partial charge in [0.25, 0.3) is 5.56 Å². The minimum absolute atomic E-state index is 0.193. The van der Waals surface area contributed by atoms with Crippen molar-refractivity contribution in [2.24, 2.45) is 7.05 Å². The molecule has 0 saturated heterocycles. The van der Waals surface area contributed by atoms with E-state index in [9.17, 15) is 4.79 Å². The number of nitrogens with one attached hydrogen (secondary N) is 1. The molecule has 3 heteroatoms. The Kier molecular flexibility index (Phi) is 2.79. The Bertz CT molecular complexity index is 486. The maximum Gasteiger partial charge on any atom is 0.255 e. The first kappa shape index (κ1) is 11.0. The smallest absolute Gasteiger partial charge is 0.255 e. The highest BCUT2D eigenvalue weighted by molar-refractivity contribution is 5.28. The first-order valence-electron chi connectivity index (χ1n) is 6.70. The van der Waals surface area contributed by atoms with Crippen LogP contribution >= 0.6 is 0 Å². The molecule has 1 saturated carbocycles. The van der Waals surface area contributed by atoms with Gasteiger partial charge in [0.15, 0.2) is 0 Å². The quantitative estimate of drug-likeness (QED) is 0.857. The zero-order chi connectivity index (χ0) is 11.8. The van der Waals surface area contributed by atoms with Crippen LogP contribution in [0.15, 0.2) is 10.9 Å². The van der Waals surface area contributed by atoms with Crippen LogP contribution in [0.4, 0.5) is 0 Å². The molecule has 2 aliphatic rings.